The summed E-state index contributed by atoms with van der Waals surface area (Å²) in [5.41, 5.74) is 0. The molecule has 2 rings (SSSR count). The first-order valence-electron chi connectivity index (χ1n) is 5.65. The van der Waals surface area contributed by atoms with Gasteiger partial charge in [0.15, 0.2) is 0 Å². The summed E-state index contributed by atoms with van der Waals surface area (Å²) in [6.45, 7) is 1.33. The van der Waals surface area contributed by atoms with Gasteiger partial charge in [-0.05, 0) is 37.5 Å². The highest BCUT2D eigenvalue weighted by atomic mass is 35.5. The van der Waals surface area contributed by atoms with E-state index in [1.807, 2.05) is 0 Å². The van der Waals surface area contributed by atoms with Crippen molar-refractivity contribution in [3.8, 4) is 0 Å². The third-order valence-electron chi connectivity index (χ3n) is 3.24. The summed E-state index contributed by atoms with van der Waals surface area (Å²) in [4.78, 5) is 0. The fourth-order valence-corrected chi connectivity index (χ4v) is 4.33. The van der Waals surface area contributed by atoms with Crippen molar-refractivity contribution in [3.63, 3.8) is 0 Å². The summed E-state index contributed by atoms with van der Waals surface area (Å²) in [5, 5.41) is 0. The van der Waals surface area contributed by atoms with Crippen LogP contribution < -0.4 is 0 Å². The molecule has 0 radical (unpaired) electrons. The first-order valence-corrected chi connectivity index (χ1v) is 7.80. The quantitative estimate of drug-likeness (QED) is 0.713. The van der Waals surface area contributed by atoms with Gasteiger partial charge in [-0.2, -0.15) is 0 Å². The number of alkyl halides is 1. The van der Waals surface area contributed by atoms with E-state index < -0.39 is 10.0 Å². The predicted octanol–water partition coefficient (Wildman–Crippen LogP) is 1.68. The Bertz CT molecular complexity index is 313. The monoisotopic (exact) mass is 251 g/mol. The van der Waals surface area contributed by atoms with Crippen molar-refractivity contribution in [1.82, 2.24) is 4.31 Å². The maximum atomic E-state index is 12.0. The van der Waals surface area contributed by atoms with E-state index in [1.165, 1.54) is 0 Å². The maximum absolute atomic E-state index is 12.0. The molecule has 0 N–H and O–H groups in total. The molecular weight excluding hydrogens is 234 g/mol. The van der Waals surface area contributed by atoms with E-state index in [0.717, 1.165) is 25.7 Å². The Balaban J connectivity index is 1.95. The van der Waals surface area contributed by atoms with Crippen molar-refractivity contribution < 1.29 is 8.42 Å². The number of rotatable bonds is 4. The van der Waals surface area contributed by atoms with Gasteiger partial charge < -0.3 is 0 Å². The summed E-state index contributed by atoms with van der Waals surface area (Å²) in [6, 6.07) is 0. The molecule has 1 saturated heterocycles. The standard InChI is InChI=1S/C10H18ClNO2S/c11-6-10-2-1-5-12(7-10)15(13,14)8-9-3-4-9/h9-10H,1-8H2. The zero-order valence-corrected chi connectivity index (χ0v) is 10.4. The Morgan fingerprint density at radius 1 is 1.20 bits per heavy atom. The zero-order valence-electron chi connectivity index (χ0n) is 8.86. The van der Waals surface area contributed by atoms with Crippen LogP contribution in [0.2, 0.25) is 0 Å². The lowest BCUT2D eigenvalue weighted by atomic mass is 10.0. The molecule has 1 heterocycles. The van der Waals surface area contributed by atoms with Crippen molar-refractivity contribution in [2.75, 3.05) is 24.7 Å². The number of sulfonamides is 1. The molecule has 1 unspecified atom stereocenters. The smallest absolute Gasteiger partial charge is 0.212 e. The van der Waals surface area contributed by atoms with Gasteiger partial charge in [0, 0.05) is 19.0 Å². The van der Waals surface area contributed by atoms with Gasteiger partial charge in [-0.15, -0.1) is 11.6 Å². The largest absolute Gasteiger partial charge is 0.214 e. The van der Waals surface area contributed by atoms with Gasteiger partial charge in [-0.1, -0.05) is 0 Å². The van der Waals surface area contributed by atoms with E-state index in [4.69, 9.17) is 11.6 Å². The average molecular weight is 252 g/mol. The van der Waals surface area contributed by atoms with E-state index >= 15 is 0 Å². The zero-order chi connectivity index (χ0) is 10.9. The first kappa shape index (κ1) is 11.7. The summed E-state index contributed by atoms with van der Waals surface area (Å²) in [5.74, 6) is 1.73. The Labute approximate surface area is 96.8 Å². The van der Waals surface area contributed by atoms with E-state index in [0.29, 0.717) is 36.6 Å². The molecule has 2 fully saturated rings. The normalized spacial score (nSPS) is 29.3. The van der Waals surface area contributed by atoms with Gasteiger partial charge >= 0.3 is 0 Å². The summed E-state index contributed by atoms with van der Waals surface area (Å²) < 4.78 is 25.6. The van der Waals surface area contributed by atoms with Gasteiger partial charge in [0.25, 0.3) is 0 Å². The molecule has 0 aromatic rings. The van der Waals surface area contributed by atoms with Crippen LogP contribution in [0.25, 0.3) is 0 Å². The lowest BCUT2D eigenvalue weighted by Gasteiger charge is -2.30. The van der Waals surface area contributed by atoms with Gasteiger partial charge in [0.1, 0.15) is 0 Å². The first-order chi connectivity index (χ1) is 7.12. The van der Waals surface area contributed by atoms with Crippen LogP contribution in [0.4, 0.5) is 0 Å². The number of nitrogens with zero attached hydrogens (tertiary/aromatic N) is 1. The van der Waals surface area contributed by atoms with Crippen LogP contribution in [0.1, 0.15) is 25.7 Å². The van der Waals surface area contributed by atoms with Gasteiger partial charge in [-0.25, -0.2) is 12.7 Å². The third-order valence-corrected chi connectivity index (χ3v) is 5.68. The minimum absolute atomic E-state index is 0.356. The number of halogens is 1. The molecule has 2 aliphatic rings. The molecule has 5 heteroatoms. The Morgan fingerprint density at radius 2 is 1.93 bits per heavy atom. The van der Waals surface area contributed by atoms with Crippen LogP contribution in [0, 0.1) is 11.8 Å². The van der Waals surface area contributed by atoms with E-state index in [-0.39, 0.29) is 0 Å². The van der Waals surface area contributed by atoms with Crippen LogP contribution in [-0.4, -0.2) is 37.4 Å². The van der Waals surface area contributed by atoms with E-state index in [1.54, 1.807) is 4.31 Å². The predicted molar refractivity (Wildman–Crippen MR) is 61.5 cm³/mol. The molecule has 88 valence electrons. The van der Waals surface area contributed by atoms with Gasteiger partial charge in [0.2, 0.25) is 10.0 Å². The van der Waals surface area contributed by atoms with Crippen molar-refractivity contribution in [1.29, 1.82) is 0 Å². The fraction of sp³-hybridized carbons (Fsp3) is 1.00. The molecule has 3 nitrogen and oxygen atoms in total. The van der Waals surface area contributed by atoms with Crippen LogP contribution >= 0.6 is 11.6 Å². The molecule has 1 atom stereocenters. The fourth-order valence-electron chi connectivity index (χ4n) is 2.09. The molecule has 0 spiro atoms. The Kier molecular flexibility index (Phi) is 3.58. The molecule has 15 heavy (non-hydrogen) atoms. The lowest BCUT2D eigenvalue weighted by Crippen LogP contribution is -2.41. The summed E-state index contributed by atoms with van der Waals surface area (Å²) in [7, 11) is -2.99. The molecule has 0 aromatic carbocycles. The molecule has 1 aliphatic heterocycles. The van der Waals surface area contributed by atoms with E-state index in [9.17, 15) is 8.42 Å². The SMILES string of the molecule is O=S(=O)(CC1CC1)N1CCCC(CCl)C1. The van der Waals surface area contributed by atoms with Crippen LogP contribution in [0.5, 0.6) is 0 Å². The van der Waals surface area contributed by atoms with E-state index in [2.05, 4.69) is 0 Å². The summed E-state index contributed by atoms with van der Waals surface area (Å²) in [6.07, 6.45) is 4.21. The highest BCUT2D eigenvalue weighted by Gasteiger charge is 2.34. The summed E-state index contributed by atoms with van der Waals surface area (Å²) >= 11 is 5.79. The molecule has 0 aromatic heterocycles. The third kappa shape index (κ3) is 3.08. The van der Waals surface area contributed by atoms with Crippen molar-refractivity contribution in [2.24, 2.45) is 11.8 Å². The number of hydrogen-bond donors (Lipinski definition) is 0. The second-order valence-electron chi connectivity index (χ2n) is 4.74. The van der Waals surface area contributed by atoms with Crippen LogP contribution in [-0.2, 0) is 10.0 Å². The second-order valence-corrected chi connectivity index (χ2v) is 7.06. The molecule has 0 bridgehead atoms. The Morgan fingerprint density at radius 3 is 2.53 bits per heavy atom. The Hall–Kier alpha value is 0.200. The second kappa shape index (κ2) is 4.60. The lowest BCUT2D eigenvalue weighted by molar-refractivity contribution is 0.283. The van der Waals surface area contributed by atoms with Crippen molar-refractivity contribution in [2.45, 2.75) is 25.7 Å². The molecule has 1 saturated carbocycles. The minimum Gasteiger partial charge on any atom is -0.212 e. The van der Waals surface area contributed by atoms with Gasteiger partial charge in [0.05, 0.1) is 5.75 Å². The maximum Gasteiger partial charge on any atom is 0.214 e. The minimum atomic E-state index is -2.99. The highest BCUT2D eigenvalue weighted by molar-refractivity contribution is 7.89. The van der Waals surface area contributed by atoms with Crippen molar-refractivity contribution in [3.05, 3.63) is 0 Å². The van der Waals surface area contributed by atoms with Crippen LogP contribution in [0.15, 0.2) is 0 Å². The number of piperidine rings is 1. The van der Waals surface area contributed by atoms with Gasteiger partial charge in [-0.3, -0.25) is 0 Å². The highest BCUT2D eigenvalue weighted by Crippen LogP contribution is 2.32. The molecule has 1 aliphatic carbocycles. The molecule has 0 amide bonds. The topological polar surface area (TPSA) is 37.4 Å². The van der Waals surface area contributed by atoms with Crippen molar-refractivity contribution >= 4 is 21.6 Å². The average Bonchev–Trinajstić information content (AvgIpc) is 3.01. The number of hydrogen-bond acceptors (Lipinski definition) is 2. The molecular formula is C10H18ClNO2S. The van der Waals surface area contributed by atoms with Crippen LogP contribution in [0.3, 0.4) is 0 Å².